The number of aliphatic hydroxyl groups is 1. The number of rotatable bonds is 3. The van der Waals surface area contributed by atoms with Gasteiger partial charge in [0.15, 0.2) is 0 Å². The molecule has 5 nitrogen and oxygen atoms in total. The Hall–Kier alpha value is -2.89. The molecule has 6 heteroatoms. The third-order valence-corrected chi connectivity index (χ3v) is 4.35. The summed E-state index contributed by atoms with van der Waals surface area (Å²) in [7, 11) is 0. The highest BCUT2D eigenvalue weighted by atomic mass is 35.5. The van der Waals surface area contributed by atoms with Gasteiger partial charge < -0.3 is 15.4 Å². The Morgan fingerprint density at radius 3 is 2.60 bits per heavy atom. The summed E-state index contributed by atoms with van der Waals surface area (Å²) in [5, 5.41) is 10.7. The molecule has 0 aliphatic heterocycles. The molecule has 0 bridgehead atoms. The lowest BCUT2D eigenvalue weighted by Crippen LogP contribution is -2.00. The predicted octanol–water partition coefficient (Wildman–Crippen LogP) is 3.82. The maximum atomic E-state index is 9.28. The highest BCUT2D eigenvalue weighted by molar-refractivity contribution is 6.30. The van der Waals surface area contributed by atoms with E-state index in [2.05, 4.69) is 14.5 Å². The van der Waals surface area contributed by atoms with E-state index in [4.69, 9.17) is 17.3 Å². The second kappa shape index (κ2) is 6.20. The highest BCUT2D eigenvalue weighted by Crippen LogP contribution is 2.34. The molecule has 124 valence electrons. The molecule has 0 spiro atoms. The third-order valence-electron chi connectivity index (χ3n) is 4.14. The number of aromatic nitrogens is 3. The van der Waals surface area contributed by atoms with E-state index in [1.165, 1.54) is 0 Å². The summed E-state index contributed by atoms with van der Waals surface area (Å²) in [4.78, 5) is 8.37. The van der Waals surface area contributed by atoms with Crippen molar-refractivity contribution in [2.24, 2.45) is 0 Å². The second-order valence-electron chi connectivity index (χ2n) is 5.69. The number of halogens is 1. The van der Waals surface area contributed by atoms with E-state index in [1.54, 1.807) is 12.4 Å². The van der Waals surface area contributed by atoms with Crippen LogP contribution in [0.1, 0.15) is 5.56 Å². The first-order valence-corrected chi connectivity index (χ1v) is 8.13. The molecule has 1 aromatic carbocycles. The normalized spacial score (nSPS) is 11.1. The van der Waals surface area contributed by atoms with Gasteiger partial charge in [0.1, 0.15) is 11.0 Å². The molecule has 0 aliphatic carbocycles. The number of hydrogen-bond acceptors (Lipinski definition) is 4. The average Bonchev–Trinajstić information content (AvgIpc) is 3.00. The van der Waals surface area contributed by atoms with Crippen LogP contribution < -0.4 is 5.73 Å². The van der Waals surface area contributed by atoms with Gasteiger partial charge in [-0.15, -0.1) is 0 Å². The topological polar surface area (TPSA) is 77.0 Å². The zero-order valence-electron chi connectivity index (χ0n) is 13.2. The van der Waals surface area contributed by atoms with E-state index in [9.17, 15) is 5.11 Å². The molecule has 4 aromatic rings. The van der Waals surface area contributed by atoms with Crippen molar-refractivity contribution in [1.82, 2.24) is 14.5 Å². The van der Waals surface area contributed by atoms with Gasteiger partial charge in [0.2, 0.25) is 0 Å². The summed E-state index contributed by atoms with van der Waals surface area (Å²) in [6.07, 6.45) is 3.41. The van der Waals surface area contributed by atoms with Gasteiger partial charge in [0.05, 0.1) is 17.8 Å². The SMILES string of the molecule is Nc1ncccc1-c1cc2cnc(Cl)cc2n1-c1ccc(CO)cc1. The Labute approximate surface area is 149 Å². The van der Waals surface area contributed by atoms with Crippen molar-refractivity contribution >= 4 is 28.3 Å². The van der Waals surface area contributed by atoms with E-state index in [-0.39, 0.29) is 6.61 Å². The zero-order chi connectivity index (χ0) is 17.4. The number of fused-ring (bicyclic) bond motifs is 1. The first kappa shape index (κ1) is 15.6. The van der Waals surface area contributed by atoms with Crippen molar-refractivity contribution in [3.05, 3.63) is 71.6 Å². The fourth-order valence-electron chi connectivity index (χ4n) is 2.94. The van der Waals surface area contributed by atoms with Crippen molar-refractivity contribution in [3.8, 4) is 16.9 Å². The number of hydrogen-bond donors (Lipinski definition) is 2. The number of nitrogen functional groups attached to an aromatic ring is 1. The van der Waals surface area contributed by atoms with Crippen LogP contribution in [0.4, 0.5) is 5.82 Å². The van der Waals surface area contributed by atoms with Crippen LogP contribution in [0.25, 0.3) is 27.8 Å². The lowest BCUT2D eigenvalue weighted by Gasteiger charge is -2.13. The minimum Gasteiger partial charge on any atom is -0.392 e. The molecule has 0 amide bonds. The number of nitrogens with zero attached hydrogens (tertiary/aromatic N) is 3. The minimum absolute atomic E-state index is 0.00483. The predicted molar refractivity (Wildman–Crippen MR) is 99.6 cm³/mol. The lowest BCUT2D eigenvalue weighted by molar-refractivity contribution is 0.282. The molecule has 0 atom stereocenters. The van der Waals surface area contributed by atoms with Crippen LogP contribution in [0.5, 0.6) is 0 Å². The fraction of sp³-hybridized carbons (Fsp3) is 0.0526. The van der Waals surface area contributed by atoms with Crippen LogP contribution in [0, 0.1) is 0 Å². The Morgan fingerprint density at radius 2 is 1.88 bits per heavy atom. The first-order valence-electron chi connectivity index (χ1n) is 7.75. The van der Waals surface area contributed by atoms with E-state index in [0.717, 1.165) is 33.4 Å². The first-order chi connectivity index (χ1) is 12.2. The van der Waals surface area contributed by atoms with Gasteiger partial charge in [-0.25, -0.2) is 9.97 Å². The summed E-state index contributed by atoms with van der Waals surface area (Å²) in [6, 6.07) is 15.3. The van der Waals surface area contributed by atoms with Crippen LogP contribution >= 0.6 is 11.6 Å². The van der Waals surface area contributed by atoms with Gasteiger partial charge >= 0.3 is 0 Å². The van der Waals surface area contributed by atoms with Crippen LogP contribution in [0.3, 0.4) is 0 Å². The van der Waals surface area contributed by atoms with E-state index >= 15 is 0 Å². The summed E-state index contributed by atoms with van der Waals surface area (Å²) < 4.78 is 2.07. The molecule has 0 aliphatic rings. The quantitative estimate of drug-likeness (QED) is 0.551. The molecule has 3 aromatic heterocycles. The van der Waals surface area contributed by atoms with Crippen LogP contribution in [-0.4, -0.2) is 19.6 Å². The van der Waals surface area contributed by atoms with Crippen molar-refractivity contribution in [2.45, 2.75) is 6.61 Å². The van der Waals surface area contributed by atoms with Gasteiger partial charge in [-0.2, -0.15) is 0 Å². The standard InChI is InChI=1S/C19H15ClN4O/c20-18-9-16-13(10-23-18)8-17(15-2-1-7-22-19(15)21)24(16)14-5-3-12(11-25)4-6-14/h1-10,25H,11H2,(H2,21,22). The van der Waals surface area contributed by atoms with Gasteiger partial charge in [-0.05, 0) is 35.9 Å². The zero-order valence-corrected chi connectivity index (χ0v) is 14.0. The van der Waals surface area contributed by atoms with Gasteiger partial charge in [0, 0.05) is 35.1 Å². The smallest absolute Gasteiger partial charge is 0.132 e. The maximum Gasteiger partial charge on any atom is 0.132 e. The Balaban J connectivity index is 2.03. The van der Waals surface area contributed by atoms with E-state index in [1.807, 2.05) is 48.5 Å². The average molecular weight is 351 g/mol. The van der Waals surface area contributed by atoms with Crippen molar-refractivity contribution in [2.75, 3.05) is 5.73 Å². The number of aliphatic hydroxyl groups excluding tert-OH is 1. The molecule has 3 N–H and O–H groups in total. The molecule has 0 saturated carbocycles. The molecule has 0 fully saturated rings. The molecular formula is C19H15ClN4O. The van der Waals surface area contributed by atoms with Gasteiger partial charge in [0.25, 0.3) is 0 Å². The molecule has 0 radical (unpaired) electrons. The summed E-state index contributed by atoms with van der Waals surface area (Å²) in [5.74, 6) is 0.456. The van der Waals surface area contributed by atoms with Crippen LogP contribution in [-0.2, 0) is 6.61 Å². The van der Waals surface area contributed by atoms with Crippen molar-refractivity contribution < 1.29 is 5.11 Å². The van der Waals surface area contributed by atoms with Crippen LogP contribution in [0.15, 0.2) is 60.9 Å². The van der Waals surface area contributed by atoms with Gasteiger partial charge in [-0.1, -0.05) is 23.7 Å². The Kier molecular flexibility index (Phi) is 3.87. The lowest BCUT2D eigenvalue weighted by atomic mass is 10.1. The molecule has 3 heterocycles. The Morgan fingerprint density at radius 1 is 1.08 bits per heavy atom. The van der Waals surface area contributed by atoms with Crippen molar-refractivity contribution in [1.29, 1.82) is 0 Å². The fourth-order valence-corrected chi connectivity index (χ4v) is 3.09. The van der Waals surface area contributed by atoms with Crippen LogP contribution in [0.2, 0.25) is 5.15 Å². The van der Waals surface area contributed by atoms with E-state index < -0.39 is 0 Å². The number of pyridine rings is 2. The third kappa shape index (κ3) is 2.73. The van der Waals surface area contributed by atoms with Gasteiger partial charge in [-0.3, -0.25) is 0 Å². The largest absolute Gasteiger partial charge is 0.392 e. The van der Waals surface area contributed by atoms with E-state index in [0.29, 0.717) is 11.0 Å². The summed E-state index contributed by atoms with van der Waals surface area (Å²) in [6.45, 7) is 0.00483. The second-order valence-corrected chi connectivity index (χ2v) is 6.08. The number of nitrogens with two attached hydrogens (primary N) is 1. The molecular weight excluding hydrogens is 336 g/mol. The minimum atomic E-state index is 0.00483. The number of anilines is 1. The monoisotopic (exact) mass is 350 g/mol. The molecule has 0 unspecified atom stereocenters. The highest BCUT2D eigenvalue weighted by Gasteiger charge is 2.15. The van der Waals surface area contributed by atoms with Crippen molar-refractivity contribution in [3.63, 3.8) is 0 Å². The number of benzene rings is 1. The maximum absolute atomic E-state index is 9.28. The summed E-state index contributed by atoms with van der Waals surface area (Å²) >= 11 is 6.12. The summed E-state index contributed by atoms with van der Waals surface area (Å²) in [5.41, 5.74) is 10.5. The molecule has 25 heavy (non-hydrogen) atoms. The molecule has 4 rings (SSSR count). The Bertz CT molecular complexity index is 1060. The molecule has 0 saturated heterocycles.